The molecule has 0 aliphatic heterocycles. The van der Waals surface area contributed by atoms with E-state index in [-0.39, 0.29) is 46.0 Å². The number of hydrogen-bond acceptors (Lipinski definition) is 5. The van der Waals surface area contributed by atoms with Crippen molar-refractivity contribution >= 4 is 41.8 Å². The first-order valence-electron chi connectivity index (χ1n) is 9.99. The average Bonchev–Trinajstić information content (AvgIpc) is 2.82. The molecule has 0 bridgehead atoms. The van der Waals surface area contributed by atoms with Crippen LogP contribution in [0.5, 0.6) is 0 Å². The van der Waals surface area contributed by atoms with E-state index in [0.29, 0.717) is 10.8 Å². The standard InChI is InChI=1S/C13H12O3S.C10H8O3S.C3H5.Na/c1-2-10-16-17(14,15)13-9-5-7-11-6-3-4-8-12(11)13;11-14(12,13)10-7-3-5-8-4-1-2-6-9(8)10;1-3-2;/h2-9H,1,10H2;1-7H,(H,11,12,13);3H,1-2H2;/q;;-1;+1. The molecule has 4 rings (SSSR count). The Hall–Kier alpha value is -2.43. The molecule has 0 aliphatic carbocycles. The fourth-order valence-corrected chi connectivity index (χ4v) is 4.85. The second-order valence-corrected chi connectivity index (χ2v) is 9.72. The molecule has 0 amide bonds. The summed E-state index contributed by atoms with van der Waals surface area (Å²) in [5, 5.41) is 2.87. The summed E-state index contributed by atoms with van der Waals surface area (Å²) in [4.78, 5) is 0.146. The molecule has 0 aliphatic rings. The Morgan fingerprint density at radius 2 is 1.14 bits per heavy atom. The molecule has 4 aromatic carbocycles. The van der Waals surface area contributed by atoms with Crippen LogP contribution >= 0.6 is 0 Å². The van der Waals surface area contributed by atoms with Crippen LogP contribution in [0.4, 0.5) is 0 Å². The van der Waals surface area contributed by atoms with Gasteiger partial charge in [0.2, 0.25) is 0 Å². The zero-order valence-electron chi connectivity index (χ0n) is 19.4. The summed E-state index contributed by atoms with van der Waals surface area (Å²) in [7, 11) is -7.85. The third kappa shape index (κ3) is 8.63. The molecule has 0 heterocycles. The summed E-state index contributed by atoms with van der Waals surface area (Å²) in [6.07, 6.45) is 2.91. The molecule has 0 saturated carbocycles. The molecule has 1 N–H and O–H groups in total. The van der Waals surface area contributed by atoms with E-state index in [1.807, 2.05) is 24.3 Å². The Morgan fingerprint density at radius 3 is 1.60 bits per heavy atom. The normalized spacial score (nSPS) is 10.7. The molecule has 0 fully saturated rings. The van der Waals surface area contributed by atoms with Gasteiger partial charge in [-0.15, -0.1) is 6.58 Å². The topological polar surface area (TPSA) is 97.7 Å². The van der Waals surface area contributed by atoms with Crippen molar-refractivity contribution in [1.29, 1.82) is 0 Å². The monoisotopic (exact) mass is 520 g/mol. The van der Waals surface area contributed by atoms with Crippen LogP contribution in [0.2, 0.25) is 0 Å². The second-order valence-electron chi connectivity index (χ2n) is 6.75. The Kier molecular flexibility index (Phi) is 12.4. The third-order valence-electron chi connectivity index (χ3n) is 4.39. The van der Waals surface area contributed by atoms with Crippen LogP contribution in [0.25, 0.3) is 21.5 Å². The van der Waals surface area contributed by atoms with Gasteiger partial charge in [-0.05, 0) is 22.9 Å². The summed E-state index contributed by atoms with van der Waals surface area (Å²) in [5.74, 6) is 0. The van der Waals surface area contributed by atoms with Crippen LogP contribution in [0.3, 0.4) is 0 Å². The maximum atomic E-state index is 11.9. The summed E-state index contributed by atoms with van der Waals surface area (Å²) in [5.41, 5.74) is 0. The minimum absolute atomic E-state index is 0. The quantitative estimate of drug-likeness (QED) is 0.143. The molecule has 35 heavy (non-hydrogen) atoms. The minimum atomic E-state index is -4.13. The van der Waals surface area contributed by atoms with E-state index in [1.54, 1.807) is 54.6 Å². The van der Waals surface area contributed by atoms with E-state index in [1.165, 1.54) is 18.2 Å². The molecule has 0 saturated heterocycles. The Labute approximate surface area is 229 Å². The predicted octanol–water partition coefficient (Wildman–Crippen LogP) is 2.83. The van der Waals surface area contributed by atoms with Gasteiger partial charge in [0.25, 0.3) is 20.2 Å². The van der Waals surface area contributed by atoms with Crippen molar-refractivity contribution in [2.75, 3.05) is 6.61 Å². The van der Waals surface area contributed by atoms with E-state index in [4.69, 9.17) is 8.74 Å². The van der Waals surface area contributed by atoms with Crippen LogP contribution in [0.1, 0.15) is 0 Å². The summed E-state index contributed by atoms with van der Waals surface area (Å²) >= 11 is 0. The number of allylic oxidation sites excluding steroid dienone is 1. The molecular formula is C26H25NaO6S2. The van der Waals surface area contributed by atoms with E-state index >= 15 is 0 Å². The molecule has 0 spiro atoms. The predicted molar refractivity (Wildman–Crippen MR) is 137 cm³/mol. The SMILES string of the molecule is C=CCOS(=O)(=O)c1cccc2ccccc12.C=C[CH2-].O=S(=O)(O)c1cccc2ccccc12.[Na+]. The van der Waals surface area contributed by atoms with E-state index in [0.717, 1.165) is 10.8 Å². The van der Waals surface area contributed by atoms with Gasteiger partial charge in [0.1, 0.15) is 9.79 Å². The van der Waals surface area contributed by atoms with E-state index in [2.05, 4.69) is 20.1 Å². The Morgan fingerprint density at radius 1 is 0.743 bits per heavy atom. The van der Waals surface area contributed by atoms with Crippen molar-refractivity contribution in [3.8, 4) is 0 Å². The first-order chi connectivity index (χ1) is 16.2. The van der Waals surface area contributed by atoms with Gasteiger partial charge in [-0.2, -0.15) is 16.8 Å². The molecule has 0 radical (unpaired) electrons. The third-order valence-corrected chi connectivity index (χ3v) is 6.64. The Balaban J connectivity index is 0.000000311. The van der Waals surface area contributed by atoms with Gasteiger partial charge in [-0.3, -0.25) is 8.74 Å². The zero-order chi connectivity index (χ0) is 25.2. The van der Waals surface area contributed by atoms with Crippen molar-refractivity contribution < 1.29 is 55.1 Å². The van der Waals surface area contributed by atoms with Gasteiger partial charge in [0.05, 0.1) is 6.61 Å². The van der Waals surface area contributed by atoms with Crippen LogP contribution in [0.15, 0.2) is 120 Å². The molecule has 0 unspecified atom stereocenters. The maximum Gasteiger partial charge on any atom is 1.00 e. The van der Waals surface area contributed by atoms with Crippen LogP contribution in [-0.4, -0.2) is 28.0 Å². The Bertz CT molecular complexity index is 1490. The molecule has 0 atom stereocenters. The van der Waals surface area contributed by atoms with Gasteiger partial charge in [0, 0.05) is 10.8 Å². The van der Waals surface area contributed by atoms with Crippen molar-refractivity contribution in [2.24, 2.45) is 0 Å². The first-order valence-corrected chi connectivity index (χ1v) is 12.8. The average molecular weight is 521 g/mol. The fraction of sp³-hybridized carbons (Fsp3) is 0.0385. The fourth-order valence-electron chi connectivity index (χ4n) is 3.04. The maximum absolute atomic E-state index is 11.9. The van der Waals surface area contributed by atoms with Crippen LogP contribution in [-0.2, 0) is 24.4 Å². The molecular weight excluding hydrogens is 495 g/mol. The molecule has 178 valence electrons. The minimum Gasteiger partial charge on any atom is -0.282 e. The second kappa shape index (κ2) is 14.2. The van der Waals surface area contributed by atoms with E-state index < -0.39 is 20.2 Å². The van der Waals surface area contributed by atoms with Gasteiger partial charge in [0.15, 0.2) is 0 Å². The summed E-state index contributed by atoms with van der Waals surface area (Å²) in [6.45, 7) is 9.91. The van der Waals surface area contributed by atoms with Crippen molar-refractivity contribution in [1.82, 2.24) is 0 Å². The van der Waals surface area contributed by atoms with Crippen LogP contribution in [0, 0.1) is 6.92 Å². The van der Waals surface area contributed by atoms with Gasteiger partial charge < -0.3 is 0 Å². The summed E-state index contributed by atoms with van der Waals surface area (Å²) < 4.78 is 59.7. The molecule has 4 aromatic rings. The largest absolute Gasteiger partial charge is 1.00 e. The van der Waals surface area contributed by atoms with Crippen molar-refractivity contribution in [2.45, 2.75) is 9.79 Å². The summed E-state index contributed by atoms with van der Waals surface area (Å²) in [6, 6.07) is 24.2. The number of fused-ring (bicyclic) bond motifs is 2. The smallest absolute Gasteiger partial charge is 0.282 e. The van der Waals surface area contributed by atoms with Gasteiger partial charge in [-0.25, -0.2) is 19.6 Å². The van der Waals surface area contributed by atoms with Crippen LogP contribution < -0.4 is 29.6 Å². The number of hydrogen-bond donors (Lipinski definition) is 1. The molecule has 9 heteroatoms. The zero-order valence-corrected chi connectivity index (χ0v) is 23.0. The number of rotatable bonds is 5. The van der Waals surface area contributed by atoms with Crippen molar-refractivity contribution in [3.05, 3.63) is 117 Å². The van der Waals surface area contributed by atoms with Gasteiger partial charge >= 0.3 is 29.6 Å². The van der Waals surface area contributed by atoms with E-state index in [9.17, 15) is 16.8 Å². The number of benzene rings is 4. The van der Waals surface area contributed by atoms with Gasteiger partial charge in [-0.1, -0.05) is 78.9 Å². The van der Waals surface area contributed by atoms with Crippen molar-refractivity contribution in [3.63, 3.8) is 0 Å². The molecule has 0 aromatic heterocycles. The molecule has 6 nitrogen and oxygen atoms in total. The first kappa shape index (κ1) is 30.6.